The van der Waals surface area contributed by atoms with E-state index in [2.05, 4.69) is 6.92 Å². The monoisotopic (exact) mass is 250 g/mol. The van der Waals surface area contributed by atoms with E-state index in [1.807, 2.05) is 11.8 Å². The van der Waals surface area contributed by atoms with Crippen LogP contribution in [-0.4, -0.2) is 41.6 Å². The fourth-order valence-electron chi connectivity index (χ4n) is 1.84. The number of halogens is 1. The smallest absolute Gasteiger partial charge is 0.242 e. The molecular weight excluding hydrogens is 228 g/mol. The molecular formula is C11H23ClN2O2. The molecule has 2 unspecified atom stereocenters. The fraction of sp³-hybridized carbons (Fsp3) is 0.909. The predicted molar refractivity (Wildman–Crippen MR) is 66.7 cm³/mol. The molecule has 0 saturated carbocycles. The summed E-state index contributed by atoms with van der Waals surface area (Å²) >= 11 is 0. The molecule has 1 fully saturated rings. The van der Waals surface area contributed by atoms with Crippen LogP contribution in [0.25, 0.3) is 0 Å². The Morgan fingerprint density at radius 2 is 2.06 bits per heavy atom. The lowest BCUT2D eigenvalue weighted by atomic mass is 10.0. The van der Waals surface area contributed by atoms with Crippen LogP contribution in [0.5, 0.6) is 0 Å². The van der Waals surface area contributed by atoms with E-state index < -0.39 is 5.54 Å². The van der Waals surface area contributed by atoms with E-state index in [9.17, 15) is 4.79 Å². The number of nitrogens with zero attached hydrogens (tertiary/aromatic N) is 1. The molecule has 1 saturated heterocycles. The van der Waals surface area contributed by atoms with Gasteiger partial charge in [0.05, 0.1) is 17.7 Å². The average Bonchev–Trinajstić information content (AvgIpc) is 2.14. The zero-order valence-corrected chi connectivity index (χ0v) is 11.3. The van der Waals surface area contributed by atoms with Crippen LogP contribution < -0.4 is 5.73 Å². The first-order valence-corrected chi connectivity index (χ1v) is 5.58. The van der Waals surface area contributed by atoms with Gasteiger partial charge in [0.1, 0.15) is 0 Å². The highest BCUT2D eigenvalue weighted by Crippen LogP contribution is 2.16. The van der Waals surface area contributed by atoms with Gasteiger partial charge in [-0.15, -0.1) is 12.4 Å². The van der Waals surface area contributed by atoms with Crippen LogP contribution in [0.1, 0.15) is 34.1 Å². The molecule has 0 radical (unpaired) electrons. The normalized spacial score (nSPS) is 26.2. The molecule has 0 bridgehead atoms. The van der Waals surface area contributed by atoms with Crippen LogP contribution in [-0.2, 0) is 9.53 Å². The zero-order chi connectivity index (χ0) is 11.6. The summed E-state index contributed by atoms with van der Waals surface area (Å²) in [6.07, 6.45) is 1.19. The molecule has 4 nitrogen and oxygen atoms in total. The van der Waals surface area contributed by atoms with Gasteiger partial charge < -0.3 is 15.4 Å². The van der Waals surface area contributed by atoms with Gasteiger partial charge in [0.15, 0.2) is 0 Å². The predicted octanol–water partition coefficient (Wildman–Crippen LogP) is 1.17. The zero-order valence-electron chi connectivity index (χ0n) is 10.5. The summed E-state index contributed by atoms with van der Waals surface area (Å²) in [6.45, 7) is 8.87. The minimum atomic E-state index is -0.782. The molecule has 1 rings (SSSR count). The fourth-order valence-corrected chi connectivity index (χ4v) is 1.84. The Bertz CT molecular complexity index is 241. The van der Waals surface area contributed by atoms with Crippen molar-refractivity contribution in [1.82, 2.24) is 4.90 Å². The minimum Gasteiger partial charge on any atom is -0.372 e. The molecule has 1 heterocycles. The number of morpholine rings is 1. The molecule has 96 valence electrons. The van der Waals surface area contributed by atoms with Crippen molar-refractivity contribution in [3.8, 4) is 0 Å². The SMILES string of the molecule is CCC1CN(C(=O)C(C)(C)N)CC(C)O1.Cl. The summed E-state index contributed by atoms with van der Waals surface area (Å²) < 4.78 is 5.69. The van der Waals surface area contributed by atoms with Gasteiger partial charge in [-0.2, -0.15) is 0 Å². The van der Waals surface area contributed by atoms with E-state index in [0.29, 0.717) is 13.1 Å². The van der Waals surface area contributed by atoms with Crippen LogP contribution in [0.2, 0.25) is 0 Å². The molecule has 0 aromatic rings. The number of hydrogen-bond donors (Lipinski definition) is 1. The first-order valence-electron chi connectivity index (χ1n) is 5.58. The van der Waals surface area contributed by atoms with Crippen molar-refractivity contribution in [3.63, 3.8) is 0 Å². The lowest BCUT2D eigenvalue weighted by molar-refractivity contribution is -0.148. The molecule has 0 aliphatic carbocycles. The highest BCUT2D eigenvalue weighted by molar-refractivity contribution is 5.85. The summed E-state index contributed by atoms with van der Waals surface area (Å²) in [5.41, 5.74) is 5.03. The van der Waals surface area contributed by atoms with E-state index in [1.54, 1.807) is 13.8 Å². The van der Waals surface area contributed by atoms with E-state index in [4.69, 9.17) is 10.5 Å². The maximum atomic E-state index is 12.0. The topological polar surface area (TPSA) is 55.6 Å². The summed E-state index contributed by atoms with van der Waals surface area (Å²) in [5.74, 6) is 0.0103. The largest absolute Gasteiger partial charge is 0.372 e. The van der Waals surface area contributed by atoms with Crippen molar-refractivity contribution < 1.29 is 9.53 Å². The third kappa shape index (κ3) is 3.92. The highest BCUT2D eigenvalue weighted by Gasteiger charge is 2.33. The summed E-state index contributed by atoms with van der Waals surface area (Å²) in [7, 11) is 0. The Hall–Kier alpha value is -0.320. The van der Waals surface area contributed by atoms with E-state index in [1.165, 1.54) is 0 Å². The van der Waals surface area contributed by atoms with Gasteiger partial charge in [0.2, 0.25) is 5.91 Å². The molecule has 2 N–H and O–H groups in total. The summed E-state index contributed by atoms with van der Waals surface area (Å²) in [6, 6.07) is 0. The number of amides is 1. The van der Waals surface area contributed by atoms with Gasteiger partial charge >= 0.3 is 0 Å². The van der Waals surface area contributed by atoms with Crippen molar-refractivity contribution in [2.75, 3.05) is 13.1 Å². The molecule has 0 spiro atoms. The van der Waals surface area contributed by atoms with Gasteiger partial charge in [0, 0.05) is 13.1 Å². The number of ether oxygens (including phenoxy) is 1. The summed E-state index contributed by atoms with van der Waals surface area (Å²) in [4.78, 5) is 13.8. The van der Waals surface area contributed by atoms with Gasteiger partial charge in [-0.25, -0.2) is 0 Å². The van der Waals surface area contributed by atoms with Crippen molar-refractivity contribution in [1.29, 1.82) is 0 Å². The average molecular weight is 251 g/mol. The number of carbonyl (C=O) groups is 1. The van der Waals surface area contributed by atoms with Crippen LogP contribution in [0.15, 0.2) is 0 Å². The van der Waals surface area contributed by atoms with Crippen molar-refractivity contribution in [3.05, 3.63) is 0 Å². The van der Waals surface area contributed by atoms with Crippen molar-refractivity contribution in [2.45, 2.75) is 51.9 Å². The quantitative estimate of drug-likeness (QED) is 0.801. The molecule has 0 aromatic carbocycles. The first-order chi connectivity index (χ1) is 6.84. The van der Waals surface area contributed by atoms with Gasteiger partial charge in [-0.1, -0.05) is 6.92 Å². The Kier molecular flexibility index (Phi) is 5.73. The molecule has 1 aliphatic rings. The maximum absolute atomic E-state index is 12.0. The lowest BCUT2D eigenvalue weighted by Crippen LogP contribution is -2.57. The second-order valence-corrected chi connectivity index (χ2v) is 4.91. The second kappa shape index (κ2) is 5.84. The number of nitrogens with two attached hydrogens (primary N) is 1. The molecule has 16 heavy (non-hydrogen) atoms. The molecule has 5 heteroatoms. The van der Waals surface area contributed by atoms with Crippen LogP contribution in [0, 0.1) is 0 Å². The third-order valence-corrected chi connectivity index (χ3v) is 2.62. The lowest BCUT2D eigenvalue weighted by Gasteiger charge is -2.39. The maximum Gasteiger partial charge on any atom is 0.242 e. The molecule has 1 aliphatic heterocycles. The number of carbonyl (C=O) groups excluding carboxylic acids is 1. The van der Waals surface area contributed by atoms with Gasteiger partial charge in [0.25, 0.3) is 0 Å². The highest BCUT2D eigenvalue weighted by atomic mass is 35.5. The van der Waals surface area contributed by atoms with Crippen LogP contribution in [0.3, 0.4) is 0 Å². The van der Waals surface area contributed by atoms with E-state index in [0.717, 1.165) is 6.42 Å². The minimum absolute atomic E-state index is 0. The third-order valence-electron chi connectivity index (χ3n) is 2.62. The first kappa shape index (κ1) is 15.7. The molecule has 0 aromatic heterocycles. The summed E-state index contributed by atoms with van der Waals surface area (Å²) in [5, 5.41) is 0. The van der Waals surface area contributed by atoms with Gasteiger partial charge in [-0.05, 0) is 27.2 Å². The molecule has 1 amide bonds. The standard InChI is InChI=1S/C11H22N2O2.ClH/c1-5-9-7-13(6-8(2)15-9)10(14)11(3,4)12;/h8-9H,5-7,12H2,1-4H3;1H. The van der Waals surface area contributed by atoms with E-state index >= 15 is 0 Å². The second-order valence-electron chi connectivity index (χ2n) is 4.91. The Labute approximate surface area is 104 Å². The van der Waals surface area contributed by atoms with Crippen molar-refractivity contribution in [2.24, 2.45) is 5.73 Å². The van der Waals surface area contributed by atoms with Crippen LogP contribution in [0.4, 0.5) is 0 Å². The van der Waals surface area contributed by atoms with E-state index in [-0.39, 0.29) is 30.5 Å². The Morgan fingerprint density at radius 3 is 2.50 bits per heavy atom. The van der Waals surface area contributed by atoms with Gasteiger partial charge in [-0.3, -0.25) is 4.79 Å². The molecule has 2 atom stereocenters. The van der Waals surface area contributed by atoms with Crippen molar-refractivity contribution >= 4 is 18.3 Å². The number of hydrogen-bond acceptors (Lipinski definition) is 3. The van der Waals surface area contributed by atoms with Crippen LogP contribution >= 0.6 is 12.4 Å². The Morgan fingerprint density at radius 1 is 1.50 bits per heavy atom. The number of rotatable bonds is 2. The Balaban J connectivity index is 0.00000225.